The quantitative estimate of drug-likeness (QED) is 0.757. The maximum atomic E-state index is 3.63. The van der Waals surface area contributed by atoms with E-state index in [9.17, 15) is 0 Å². The van der Waals surface area contributed by atoms with E-state index in [-0.39, 0.29) is 0 Å². The molecule has 0 saturated carbocycles. The van der Waals surface area contributed by atoms with E-state index in [2.05, 4.69) is 39.9 Å². The molecule has 0 unspecified atom stereocenters. The van der Waals surface area contributed by atoms with Gasteiger partial charge in [0.2, 0.25) is 0 Å². The smallest absolute Gasteiger partial charge is 0.0326 e. The summed E-state index contributed by atoms with van der Waals surface area (Å²) in [7, 11) is 0. The molecule has 1 heteroatoms. The standard InChI is InChI=1S/C15H23N/c1-9-10(2)12(4)15(13(5)11(9)3)14-7-6-8-16-14/h14,16H,6-8H2,1-5H3/t14-/m1/s1. The highest BCUT2D eigenvalue weighted by Crippen LogP contribution is 2.33. The molecular weight excluding hydrogens is 194 g/mol. The van der Waals surface area contributed by atoms with Crippen LogP contribution < -0.4 is 5.32 Å². The minimum absolute atomic E-state index is 0.595. The van der Waals surface area contributed by atoms with Crippen molar-refractivity contribution in [1.29, 1.82) is 0 Å². The first kappa shape index (κ1) is 11.7. The lowest BCUT2D eigenvalue weighted by molar-refractivity contribution is 0.637. The predicted molar refractivity (Wildman–Crippen MR) is 70.1 cm³/mol. The molecule has 88 valence electrons. The van der Waals surface area contributed by atoms with Gasteiger partial charge in [0.15, 0.2) is 0 Å². The molecule has 0 radical (unpaired) electrons. The van der Waals surface area contributed by atoms with Gasteiger partial charge in [-0.15, -0.1) is 0 Å². The Kier molecular flexibility index (Phi) is 3.07. The van der Waals surface area contributed by atoms with Gasteiger partial charge in [0, 0.05) is 6.04 Å². The topological polar surface area (TPSA) is 12.0 Å². The van der Waals surface area contributed by atoms with Crippen molar-refractivity contribution in [3.8, 4) is 0 Å². The number of rotatable bonds is 1. The van der Waals surface area contributed by atoms with Gasteiger partial charge in [0.1, 0.15) is 0 Å². The van der Waals surface area contributed by atoms with E-state index in [1.807, 2.05) is 0 Å². The third-order valence-electron chi connectivity index (χ3n) is 4.47. The van der Waals surface area contributed by atoms with Crippen LogP contribution in [0.2, 0.25) is 0 Å². The fraction of sp³-hybridized carbons (Fsp3) is 0.600. The average Bonchev–Trinajstić information content (AvgIpc) is 2.77. The first-order valence-corrected chi connectivity index (χ1v) is 6.34. The summed E-state index contributed by atoms with van der Waals surface area (Å²) >= 11 is 0. The van der Waals surface area contributed by atoms with E-state index < -0.39 is 0 Å². The van der Waals surface area contributed by atoms with Gasteiger partial charge in [-0.1, -0.05) is 0 Å². The van der Waals surface area contributed by atoms with Crippen molar-refractivity contribution in [3.05, 3.63) is 33.4 Å². The van der Waals surface area contributed by atoms with Crippen LogP contribution in [0.1, 0.15) is 52.3 Å². The molecule has 0 amide bonds. The van der Waals surface area contributed by atoms with E-state index in [1.54, 1.807) is 5.56 Å². The summed E-state index contributed by atoms with van der Waals surface area (Å²) in [6, 6.07) is 0.595. The summed E-state index contributed by atoms with van der Waals surface area (Å²) in [6.45, 7) is 12.5. The largest absolute Gasteiger partial charge is 0.310 e. The Morgan fingerprint density at radius 1 is 0.812 bits per heavy atom. The first-order chi connectivity index (χ1) is 7.54. The van der Waals surface area contributed by atoms with Crippen molar-refractivity contribution >= 4 is 0 Å². The molecule has 0 spiro atoms. The summed E-state index contributed by atoms with van der Waals surface area (Å²) in [6.07, 6.45) is 2.61. The van der Waals surface area contributed by atoms with Crippen molar-refractivity contribution in [2.45, 2.75) is 53.5 Å². The molecule has 0 bridgehead atoms. The molecule has 16 heavy (non-hydrogen) atoms. The van der Waals surface area contributed by atoms with Crippen molar-refractivity contribution in [2.75, 3.05) is 6.54 Å². The zero-order valence-electron chi connectivity index (χ0n) is 11.2. The predicted octanol–water partition coefficient (Wildman–Crippen LogP) is 3.65. The lowest BCUT2D eigenvalue weighted by Gasteiger charge is -2.23. The summed E-state index contributed by atoms with van der Waals surface area (Å²) in [5.41, 5.74) is 8.99. The second kappa shape index (κ2) is 4.21. The second-order valence-electron chi connectivity index (χ2n) is 5.19. The molecule has 1 nitrogen and oxygen atoms in total. The molecular formula is C15H23N. The van der Waals surface area contributed by atoms with Crippen LogP contribution in [0.4, 0.5) is 0 Å². The van der Waals surface area contributed by atoms with E-state index in [4.69, 9.17) is 0 Å². The van der Waals surface area contributed by atoms with Gasteiger partial charge in [-0.3, -0.25) is 0 Å². The highest BCUT2D eigenvalue weighted by atomic mass is 14.9. The molecule has 1 saturated heterocycles. The highest BCUT2D eigenvalue weighted by molar-refractivity contribution is 5.50. The van der Waals surface area contributed by atoms with Crippen LogP contribution in [-0.4, -0.2) is 6.54 Å². The minimum atomic E-state index is 0.595. The fourth-order valence-corrected chi connectivity index (χ4v) is 2.98. The van der Waals surface area contributed by atoms with Crippen molar-refractivity contribution in [2.24, 2.45) is 0 Å². The van der Waals surface area contributed by atoms with Crippen LogP contribution in [0.5, 0.6) is 0 Å². The number of benzene rings is 1. The summed E-state index contributed by atoms with van der Waals surface area (Å²) in [5.74, 6) is 0. The maximum absolute atomic E-state index is 3.63. The van der Waals surface area contributed by atoms with Gasteiger partial charge in [-0.25, -0.2) is 0 Å². The monoisotopic (exact) mass is 217 g/mol. The van der Waals surface area contributed by atoms with E-state index in [0.29, 0.717) is 6.04 Å². The number of hydrogen-bond acceptors (Lipinski definition) is 1. The average molecular weight is 217 g/mol. The van der Waals surface area contributed by atoms with Crippen LogP contribution in [-0.2, 0) is 0 Å². The first-order valence-electron chi connectivity index (χ1n) is 6.34. The van der Waals surface area contributed by atoms with E-state index in [1.165, 1.54) is 47.2 Å². The van der Waals surface area contributed by atoms with E-state index >= 15 is 0 Å². The van der Waals surface area contributed by atoms with Crippen LogP contribution in [0, 0.1) is 34.6 Å². The SMILES string of the molecule is Cc1c(C)c(C)c([C@H]2CCCN2)c(C)c1C. The van der Waals surface area contributed by atoms with Gasteiger partial charge < -0.3 is 5.32 Å². The van der Waals surface area contributed by atoms with Crippen LogP contribution in [0.3, 0.4) is 0 Å². The molecule has 0 aliphatic carbocycles. The van der Waals surface area contributed by atoms with Crippen molar-refractivity contribution in [3.63, 3.8) is 0 Å². The Morgan fingerprint density at radius 2 is 1.31 bits per heavy atom. The van der Waals surface area contributed by atoms with Crippen LogP contribution in [0.15, 0.2) is 0 Å². The lowest BCUT2D eigenvalue weighted by Crippen LogP contribution is -2.17. The van der Waals surface area contributed by atoms with Gasteiger partial charge in [0.25, 0.3) is 0 Å². The zero-order chi connectivity index (χ0) is 11.9. The van der Waals surface area contributed by atoms with Gasteiger partial charge in [0.05, 0.1) is 0 Å². The summed E-state index contributed by atoms with van der Waals surface area (Å²) in [4.78, 5) is 0. The number of nitrogens with one attached hydrogen (secondary N) is 1. The lowest BCUT2D eigenvalue weighted by atomic mass is 9.86. The second-order valence-corrected chi connectivity index (χ2v) is 5.19. The molecule has 1 N–H and O–H groups in total. The number of hydrogen-bond donors (Lipinski definition) is 1. The Bertz CT molecular complexity index is 383. The van der Waals surface area contributed by atoms with Gasteiger partial charge in [-0.05, 0) is 87.4 Å². The van der Waals surface area contributed by atoms with Crippen LogP contribution in [0.25, 0.3) is 0 Å². The Morgan fingerprint density at radius 3 is 1.75 bits per heavy atom. The molecule has 1 heterocycles. The minimum Gasteiger partial charge on any atom is -0.310 e. The Hall–Kier alpha value is -0.820. The van der Waals surface area contributed by atoms with Crippen molar-refractivity contribution in [1.82, 2.24) is 5.32 Å². The normalized spacial score (nSPS) is 20.4. The summed E-state index contributed by atoms with van der Waals surface area (Å²) in [5, 5.41) is 3.63. The molecule has 1 atom stereocenters. The summed E-state index contributed by atoms with van der Waals surface area (Å²) < 4.78 is 0. The molecule has 0 aromatic heterocycles. The Balaban J connectivity index is 2.59. The maximum Gasteiger partial charge on any atom is 0.0326 e. The Labute approximate surface area is 99.3 Å². The molecule has 1 aliphatic heterocycles. The van der Waals surface area contributed by atoms with E-state index in [0.717, 1.165) is 0 Å². The third kappa shape index (κ3) is 1.67. The van der Waals surface area contributed by atoms with Crippen LogP contribution >= 0.6 is 0 Å². The molecule has 2 rings (SSSR count). The molecule has 1 fully saturated rings. The van der Waals surface area contributed by atoms with Gasteiger partial charge >= 0.3 is 0 Å². The third-order valence-corrected chi connectivity index (χ3v) is 4.47. The van der Waals surface area contributed by atoms with Gasteiger partial charge in [-0.2, -0.15) is 0 Å². The van der Waals surface area contributed by atoms with Crippen molar-refractivity contribution < 1.29 is 0 Å². The molecule has 1 aromatic carbocycles. The highest BCUT2D eigenvalue weighted by Gasteiger charge is 2.22. The molecule has 1 aliphatic rings. The fourth-order valence-electron chi connectivity index (χ4n) is 2.98. The molecule has 1 aromatic rings. The zero-order valence-corrected chi connectivity index (χ0v) is 11.2.